The molecule has 2 unspecified atom stereocenters. The molecule has 0 aromatic heterocycles. The second-order valence-corrected chi connectivity index (χ2v) is 2.20. The summed E-state index contributed by atoms with van der Waals surface area (Å²) in [5.74, 6) is 0. The van der Waals surface area contributed by atoms with E-state index in [1.807, 2.05) is 0 Å². The van der Waals surface area contributed by atoms with E-state index in [0.717, 1.165) is 6.67 Å². The molecule has 1 aliphatic rings. The van der Waals surface area contributed by atoms with Gasteiger partial charge in [-0.1, -0.05) is 0 Å². The van der Waals surface area contributed by atoms with E-state index in [1.54, 1.807) is 0 Å². The minimum absolute atomic E-state index is 0.450. The predicted octanol–water partition coefficient (Wildman–Crippen LogP) is -0.582. The summed E-state index contributed by atoms with van der Waals surface area (Å²) < 4.78 is 0. The Morgan fingerprint density at radius 3 is 1.88 bits per heavy atom. The van der Waals surface area contributed by atoms with Crippen LogP contribution in [-0.2, 0) is 0 Å². The maximum Gasteiger partial charge on any atom is 0.0564 e. The summed E-state index contributed by atoms with van der Waals surface area (Å²) in [5, 5.41) is 9.64. The lowest BCUT2D eigenvalue weighted by molar-refractivity contribution is 0.289. The highest BCUT2D eigenvalue weighted by Crippen LogP contribution is 1.83. The molecule has 1 saturated heterocycles. The molecule has 0 radical (unpaired) electrons. The number of hydrogen-bond acceptors (Lipinski definition) is 3. The maximum atomic E-state index is 3.26. The summed E-state index contributed by atoms with van der Waals surface area (Å²) in [7, 11) is 0. The van der Waals surface area contributed by atoms with Crippen molar-refractivity contribution in [1.82, 2.24) is 16.0 Å². The fourth-order valence-electron chi connectivity index (χ4n) is 0.858. The normalized spacial score (nSPS) is 39.8. The lowest BCUT2D eigenvalue weighted by Gasteiger charge is -2.28. The predicted molar refractivity (Wildman–Crippen MR) is 33.2 cm³/mol. The van der Waals surface area contributed by atoms with Gasteiger partial charge in [0.25, 0.3) is 0 Å². The van der Waals surface area contributed by atoms with Crippen LogP contribution in [0.5, 0.6) is 0 Å². The van der Waals surface area contributed by atoms with Gasteiger partial charge in [0.15, 0.2) is 0 Å². The molecular weight excluding hydrogens is 102 g/mol. The third-order valence-electron chi connectivity index (χ3n) is 1.32. The molecule has 3 heteroatoms. The quantitative estimate of drug-likeness (QED) is 0.395. The standard InChI is InChI=1S/C5H13N3/c1-4-6-3-7-5(2)8-4/h4-8H,3H2,1-2H3. The number of rotatable bonds is 0. The van der Waals surface area contributed by atoms with Crippen molar-refractivity contribution >= 4 is 0 Å². The largest absolute Gasteiger partial charge is 0.289 e. The van der Waals surface area contributed by atoms with E-state index in [-0.39, 0.29) is 0 Å². The van der Waals surface area contributed by atoms with Crippen molar-refractivity contribution in [3.05, 3.63) is 0 Å². The lowest BCUT2D eigenvalue weighted by atomic mass is 10.4. The molecule has 0 spiro atoms. The molecule has 0 aromatic rings. The van der Waals surface area contributed by atoms with Crippen LogP contribution < -0.4 is 16.0 Å². The summed E-state index contributed by atoms with van der Waals surface area (Å²) in [4.78, 5) is 0. The Hall–Kier alpha value is -0.120. The van der Waals surface area contributed by atoms with Crippen molar-refractivity contribution < 1.29 is 0 Å². The van der Waals surface area contributed by atoms with Gasteiger partial charge < -0.3 is 0 Å². The van der Waals surface area contributed by atoms with E-state index >= 15 is 0 Å². The van der Waals surface area contributed by atoms with Crippen LogP contribution in [0.15, 0.2) is 0 Å². The minimum Gasteiger partial charge on any atom is -0.289 e. The lowest BCUT2D eigenvalue weighted by Crippen LogP contribution is -2.59. The first-order valence-corrected chi connectivity index (χ1v) is 3.02. The summed E-state index contributed by atoms with van der Waals surface area (Å²) in [6, 6.07) is 0. The zero-order valence-corrected chi connectivity index (χ0v) is 5.36. The van der Waals surface area contributed by atoms with Crippen LogP contribution in [0.4, 0.5) is 0 Å². The Labute approximate surface area is 49.8 Å². The van der Waals surface area contributed by atoms with Crippen LogP contribution in [0.25, 0.3) is 0 Å². The van der Waals surface area contributed by atoms with E-state index in [0.29, 0.717) is 12.3 Å². The zero-order valence-electron chi connectivity index (χ0n) is 5.36. The average molecular weight is 115 g/mol. The van der Waals surface area contributed by atoms with Gasteiger partial charge in [-0.15, -0.1) is 0 Å². The summed E-state index contributed by atoms with van der Waals surface area (Å²) in [6.07, 6.45) is 0.900. The molecule has 1 rings (SSSR count). The first-order chi connectivity index (χ1) is 3.79. The Kier molecular flexibility index (Phi) is 1.83. The third-order valence-corrected chi connectivity index (χ3v) is 1.32. The second-order valence-electron chi connectivity index (χ2n) is 2.20. The molecule has 0 bridgehead atoms. The first kappa shape index (κ1) is 6.01. The van der Waals surface area contributed by atoms with Crippen molar-refractivity contribution in [3.63, 3.8) is 0 Å². The molecule has 0 amide bonds. The average Bonchev–Trinajstić information content (AvgIpc) is 1.64. The van der Waals surface area contributed by atoms with Crippen LogP contribution >= 0.6 is 0 Å². The number of nitrogens with one attached hydrogen (secondary N) is 3. The monoisotopic (exact) mass is 115 g/mol. The Morgan fingerprint density at radius 1 is 1.12 bits per heavy atom. The Morgan fingerprint density at radius 2 is 1.62 bits per heavy atom. The fourth-order valence-corrected chi connectivity index (χ4v) is 0.858. The molecule has 48 valence electrons. The van der Waals surface area contributed by atoms with Gasteiger partial charge in [-0.25, -0.2) is 0 Å². The van der Waals surface area contributed by atoms with Crippen molar-refractivity contribution in [2.75, 3.05) is 6.67 Å². The van der Waals surface area contributed by atoms with Crippen molar-refractivity contribution in [2.45, 2.75) is 26.2 Å². The van der Waals surface area contributed by atoms with Crippen LogP contribution in [-0.4, -0.2) is 19.0 Å². The summed E-state index contributed by atoms with van der Waals surface area (Å²) in [6.45, 7) is 5.13. The molecular formula is C5H13N3. The van der Waals surface area contributed by atoms with E-state index in [1.165, 1.54) is 0 Å². The van der Waals surface area contributed by atoms with E-state index in [4.69, 9.17) is 0 Å². The smallest absolute Gasteiger partial charge is 0.0564 e. The van der Waals surface area contributed by atoms with Gasteiger partial charge in [0.1, 0.15) is 0 Å². The van der Waals surface area contributed by atoms with Gasteiger partial charge in [-0.2, -0.15) is 0 Å². The Bertz CT molecular complexity index is 66.1. The van der Waals surface area contributed by atoms with Gasteiger partial charge >= 0.3 is 0 Å². The van der Waals surface area contributed by atoms with E-state index in [9.17, 15) is 0 Å². The minimum atomic E-state index is 0.450. The van der Waals surface area contributed by atoms with Crippen molar-refractivity contribution in [2.24, 2.45) is 0 Å². The SMILES string of the molecule is CC1NCNC(C)N1. The van der Waals surface area contributed by atoms with Gasteiger partial charge in [0.05, 0.1) is 12.3 Å². The maximum absolute atomic E-state index is 3.26. The van der Waals surface area contributed by atoms with Gasteiger partial charge in [-0.05, 0) is 13.8 Å². The van der Waals surface area contributed by atoms with Gasteiger partial charge in [0, 0.05) is 6.67 Å². The molecule has 1 heterocycles. The van der Waals surface area contributed by atoms with Crippen LogP contribution in [0.3, 0.4) is 0 Å². The second kappa shape index (κ2) is 2.44. The van der Waals surface area contributed by atoms with Crippen LogP contribution in [0.2, 0.25) is 0 Å². The van der Waals surface area contributed by atoms with Crippen LogP contribution in [0.1, 0.15) is 13.8 Å². The van der Waals surface area contributed by atoms with Gasteiger partial charge in [-0.3, -0.25) is 16.0 Å². The van der Waals surface area contributed by atoms with E-state index in [2.05, 4.69) is 29.8 Å². The molecule has 1 aliphatic heterocycles. The molecule has 3 nitrogen and oxygen atoms in total. The highest BCUT2D eigenvalue weighted by Gasteiger charge is 2.09. The highest BCUT2D eigenvalue weighted by atomic mass is 15.3. The molecule has 0 saturated carbocycles. The molecule has 3 N–H and O–H groups in total. The van der Waals surface area contributed by atoms with E-state index < -0.39 is 0 Å². The first-order valence-electron chi connectivity index (χ1n) is 3.02. The molecule has 0 aromatic carbocycles. The summed E-state index contributed by atoms with van der Waals surface area (Å²) in [5.41, 5.74) is 0. The molecule has 0 aliphatic carbocycles. The van der Waals surface area contributed by atoms with Gasteiger partial charge in [0.2, 0.25) is 0 Å². The molecule has 2 atom stereocenters. The third kappa shape index (κ3) is 1.43. The number of hydrogen-bond donors (Lipinski definition) is 3. The zero-order chi connectivity index (χ0) is 5.98. The summed E-state index contributed by atoms with van der Waals surface area (Å²) >= 11 is 0. The topological polar surface area (TPSA) is 36.1 Å². The highest BCUT2D eigenvalue weighted by molar-refractivity contribution is 4.68. The van der Waals surface area contributed by atoms with Crippen molar-refractivity contribution in [3.8, 4) is 0 Å². The van der Waals surface area contributed by atoms with Crippen LogP contribution in [0, 0.1) is 0 Å². The Balaban J connectivity index is 2.23. The van der Waals surface area contributed by atoms with Crippen molar-refractivity contribution in [1.29, 1.82) is 0 Å². The fraction of sp³-hybridized carbons (Fsp3) is 1.00. The molecule has 8 heavy (non-hydrogen) atoms. The molecule has 1 fully saturated rings.